The Morgan fingerprint density at radius 2 is 1.64 bits per heavy atom. The highest BCUT2D eigenvalue weighted by Gasteiger charge is 2.31. The van der Waals surface area contributed by atoms with Crippen LogP contribution in [0.1, 0.15) is 28.1 Å². The van der Waals surface area contributed by atoms with Gasteiger partial charge in [0, 0.05) is 37.9 Å². The third-order valence-corrected chi connectivity index (χ3v) is 9.60. The minimum Gasteiger partial charge on any atom is -0.382 e. The number of carbonyl (C=O) groups excluding carboxylic acids is 1. The first kappa shape index (κ1) is 29.2. The summed E-state index contributed by atoms with van der Waals surface area (Å²) >= 11 is 0.916. The van der Waals surface area contributed by atoms with Crippen molar-refractivity contribution < 1.29 is 26.7 Å². The molecular formula is C25H28ClF2N5O4S2. The number of morpholine rings is 1. The predicted molar refractivity (Wildman–Crippen MR) is 148 cm³/mol. The highest BCUT2D eigenvalue weighted by molar-refractivity contribution is 7.89. The number of benzene rings is 2. The van der Waals surface area contributed by atoms with Gasteiger partial charge in [0.2, 0.25) is 15.8 Å². The lowest BCUT2D eigenvalue weighted by molar-refractivity contribution is 0.103. The highest BCUT2D eigenvalue weighted by atomic mass is 35.5. The number of sulfonamides is 1. The van der Waals surface area contributed by atoms with Crippen LogP contribution < -0.4 is 16.0 Å². The molecule has 0 bridgehead atoms. The largest absolute Gasteiger partial charge is 0.382 e. The lowest BCUT2D eigenvalue weighted by atomic mass is 10.1. The van der Waals surface area contributed by atoms with E-state index in [-0.39, 0.29) is 34.0 Å². The van der Waals surface area contributed by atoms with Gasteiger partial charge in [0.25, 0.3) is 0 Å². The van der Waals surface area contributed by atoms with Crippen molar-refractivity contribution in [1.29, 1.82) is 0 Å². The van der Waals surface area contributed by atoms with Crippen LogP contribution in [-0.4, -0.2) is 68.9 Å². The maximum absolute atomic E-state index is 14.1. The predicted octanol–water partition coefficient (Wildman–Crippen LogP) is 3.76. The molecule has 3 heterocycles. The van der Waals surface area contributed by atoms with Crippen molar-refractivity contribution in [3.8, 4) is 0 Å². The summed E-state index contributed by atoms with van der Waals surface area (Å²) in [5.41, 5.74) is 6.17. The molecule has 2 aromatic carbocycles. The lowest BCUT2D eigenvalue weighted by Gasteiger charge is -2.32. The van der Waals surface area contributed by atoms with Crippen LogP contribution >= 0.6 is 23.7 Å². The number of hydrogen-bond acceptors (Lipinski definition) is 9. The number of nitrogen functional groups attached to an aromatic ring is 1. The minimum absolute atomic E-state index is 0. The van der Waals surface area contributed by atoms with Gasteiger partial charge in [-0.2, -0.15) is 4.31 Å². The van der Waals surface area contributed by atoms with Gasteiger partial charge < -0.3 is 20.7 Å². The number of piperidine rings is 1. The van der Waals surface area contributed by atoms with Gasteiger partial charge in [0.1, 0.15) is 22.3 Å². The number of rotatable bonds is 7. The lowest BCUT2D eigenvalue weighted by Crippen LogP contribution is -2.42. The number of nitrogens with one attached hydrogen (secondary N) is 1. The van der Waals surface area contributed by atoms with Crippen LogP contribution in [0.3, 0.4) is 0 Å². The first-order valence-corrected chi connectivity index (χ1v) is 14.4. The fourth-order valence-corrected chi connectivity index (χ4v) is 6.98. The molecule has 14 heteroatoms. The molecule has 2 aliphatic heterocycles. The number of anilines is 3. The SMILES string of the molecule is Cl.Nc1nc(NC2CCN(S(=O)(=O)c3ccc(N4CCOCC4)cc3)CC2)sc1C(=O)c1c(F)cccc1F. The van der Waals surface area contributed by atoms with Gasteiger partial charge >= 0.3 is 0 Å². The molecule has 0 saturated carbocycles. The van der Waals surface area contributed by atoms with Crippen LogP contribution in [-0.2, 0) is 14.8 Å². The van der Waals surface area contributed by atoms with Gasteiger partial charge in [-0.05, 0) is 49.2 Å². The van der Waals surface area contributed by atoms with Crippen molar-refractivity contribution in [2.45, 2.75) is 23.8 Å². The molecule has 39 heavy (non-hydrogen) atoms. The smallest absolute Gasteiger partial charge is 0.243 e. The van der Waals surface area contributed by atoms with Crippen molar-refractivity contribution in [1.82, 2.24) is 9.29 Å². The van der Waals surface area contributed by atoms with Crippen LogP contribution in [0.5, 0.6) is 0 Å². The molecule has 2 saturated heterocycles. The molecule has 3 N–H and O–H groups in total. The second-order valence-corrected chi connectivity index (χ2v) is 12.0. The Hall–Kier alpha value is -2.84. The Morgan fingerprint density at radius 3 is 2.26 bits per heavy atom. The zero-order valence-corrected chi connectivity index (χ0v) is 23.3. The van der Waals surface area contributed by atoms with E-state index in [0.717, 1.165) is 42.2 Å². The van der Waals surface area contributed by atoms with E-state index in [1.54, 1.807) is 12.1 Å². The number of aromatic nitrogens is 1. The topological polar surface area (TPSA) is 118 Å². The number of thiazole rings is 1. The Labute approximate surface area is 235 Å². The Bertz CT molecular complexity index is 1400. The standard InChI is InChI=1S/C25H27F2N5O4S2.ClH/c26-19-2-1-3-20(27)21(19)22(33)23-24(28)30-25(37-23)29-16-8-10-32(11-9-16)38(34,35)18-6-4-17(5-7-18)31-12-14-36-15-13-31;/h1-7,16H,8-15,28H2,(H,29,30);1H. The first-order valence-electron chi connectivity index (χ1n) is 12.2. The maximum atomic E-state index is 14.1. The summed E-state index contributed by atoms with van der Waals surface area (Å²) in [6.07, 6.45) is 1.02. The zero-order chi connectivity index (χ0) is 26.9. The molecule has 1 aromatic heterocycles. The van der Waals surface area contributed by atoms with E-state index in [1.165, 1.54) is 10.4 Å². The number of nitrogens with zero attached hydrogens (tertiary/aromatic N) is 3. The van der Waals surface area contributed by atoms with E-state index in [2.05, 4.69) is 15.2 Å². The van der Waals surface area contributed by atoms with Gasteiger partial charge in [0.05, 0.1) is 23.7 Å². The zero-order valence-electron chi connectivity index (χ0n) is 20.8. The number of nitrogens with two attached hydrogens (primary N) is 1. The van der Waals surface area contributed by atoms with Crippen molar-refractivity contribution >= 4 is 56.2 Å². The number of carbonyl (C=O) groups is 1. The number of halogens is 3. The van der Waals surface area contributed by atoms with Crippen molar-refractivity contribution in [3.63, 3.8) is 0 Å². The average Bonchev–Trinajstić information content (AvgIpc) is 3.29. The average molecular weight is 600 g/mol. The van der Waals surface area contributed by atoms with Gasteiger partial charge in [-0.1, -0.05) is 17.4 Å². The van der Waals surface area contributed by atoms with Gasteiger partial charge in [-0.3, -0.25) is 4.79 Å². The summed E-state index contributed by atoms with van der Waals surface area (Å²) in [7, 11) is -3.64. The summed E-state index contributed by atoms with van der Waals surface area (Å²) < 4.78 is 61.4. The second-order valence-electron chi connectivity index (χ2n) is 9.08. The molecule has 210 valence electrons. The molecule has 0 spiro atoms. The van der Waals surface area contributed by atoms with Gasteiger partial charge in [-0.25, -0.2) is 22.2 Å². The van der Waals surface area contributed by atoms with Crippen molar-refractivity contribution in [3.05, 3.63) is 64.5 Å². The van der Waals surface area contributed by atoms with E-state index >= 15 is 0 Å². The fourth-order valence-electron chi connectivity index (χ4n) is 4.60. The molecule has 9 nitrogen and oxygen atoms in total. The second kappa shape index (κ2) is 12.1. The van der Waals surface area contributed by atoms with Crippen LogP contribution in [0.25, 0.3) is 0 Å². The first-order chi connectivity index (χ1) is 18.2. The van der Waals surface area contributed by atoms with Crippen molar-refractivity contribution in [2.24, 2.45) is 0 Å². The summed E-state index contributed by atoms with van der Waals surface area (Å²) in [6.45, 7) is 3.45. The van der Waals surface area contributed by atoms with Crippen LogP contribution in [0, 0.1) is 11.6 Å². The summed E-state index contributed by atoms with van der Waals surface area (Å²) in [4.78, 5) is 19.2. The van der Waals surface area contributed by atoms with E-state index in [1.807, 2.05) is 12.1 Å². The quantitative estimate of drug-likeness (QED) is 0.394. The molecule has 5 rings (SSSR count). The summed E-state index contributed by atoms with van der Waals surface area (Å²) in [5, 5.41) is 3.52. The Morgan fingerprint density at radius 1 is 1.03 bits per heavy atom. The number of ether oxygens (including phenoxy) is 1. The van der Waals surface area contributed by atoms with Gasteiger partial charge in [-0.15, -0.1) is 12.4 Å². The summed E-state index contributed by atoms with van der Waals surface area (Å²) in [5.74, 6) is -2.93. The van der Waals surface area contributed by atoms with E-state index in [4.69, 9.17) is 10.5 Å². The number of hydrogen-bond donors (Lipinski definition) is 2. The van der Waals surface area contributed by atoms with Crippen LogP contribution in [0.2, 0.25) is 0 Å². The Kier molecular flexibility index (Phi) is 9.07. The third-order valence-electron chi connectivity index (χ3n) is 6.68. The fraction of sp³-hybridized carbons (Fsp3) is 0.360. The molecule has 0 radical (unpaired) electrons. The molecular weight excluding hydrogens is 572 g/mol. The van der Waals surface area contributed by atoms with E-state index in [9.17, 15) is 22.0 Å². The molecule has 0 unspecified atom stereocenters. The molecule has 0 amide bonds. The number of ketones is 1. The molecule has 0 aliphatic carbocycles. The molecule has 0 atom stereocenters. The molecule has 2 aliphatic rings. The Balaban J connectivity index is 0.00000353. The molecule has 3 aromatic rings. The van der Waals surface area contributed by atoms with Crippen LogP contribution in [0.4, 0.5) is 25.4 Å². The minimum atomic E-state index is -3.64. The van der Waals surface area contributed by atoms with Crippen LogP contribution in [0.15, 0.2) is 47.4 Å². The van der Waals surface area contributed by atoms with Gasteiger partial charge in [0.15, 0.2) is 5.13 Å². The summed E-state index contributed by atoms with van der Waals surface area (Å²) in [6, 6.07) is 10.0. The highest BCUT2D eigenvalue weighted by Crippen LogP contribution is 2.31. The maximum Gasteiger partial charge on any atom is 0.243 e. The van der Waals surface area contributed by atoms with E-state index in [0.29, 0.717) is 44.3 Å². The molecule has 2 fully saturated rings. The monoisotopic (exact) mass is 599 g/mol. The third kappa shape index (κ3) is 6.17. The van der Waals surface area contributed by atoms with E-state index < -0.39 is 33.0 Å². The normalized spacial score (nSPS) is 17.0. The van der Waals surface area contributed by atoms with Crippen molar-refractivity contribution in [2.75, 3.05) is 55.3 Å².